The molecule has 0 fully saturated rings. The Bertz CT molecular complexity index is 623. The molecule has 6 heteroatoms. The number of aromatic nitrogens is 2. The van der Waals surface area contributed by atoms with E-state index < -0.39 is 0 Å². The smallest absolute Gasteiger partial charge is 0.138 e. The van der Waals surface area contributed by atoms with Gasteiger partial charge in [-0.15, -0.1) is 0 Å². The van der Waals surface area contributed by atoms with Crippen molar-refractivity contribution in [1.82, 2.24) is 9.97 Å². The Morgan fingerprint density at radius 1 is 1.35 bits per heavy atom. The van der Waals surface area contributed by atoms with Crippen molar-refractivity contribution in [2.24, 2.45) is 0 Å². The van der Waals surface area contributed by atoms with E-state index in [4.69, 9.17) is 10.00 Å². The molecule has 0 saturated carbocycles. The van der Waals surface area contributed by atoms with Gasteiger partial charge in [0, 0.05) is 24.9 Å². The molecule has 0 saturated heterocycles. The number of anilines is 3. The summed E-state index contributed by atoms with van der Waals surface area (Å²) in [6, 6.07) is 11.5. The van der Waals surface area contributed by atoms with Crippen molar-refractivity contribution in [3.63, 3.8) is 0 Å². The van der Waals surface area contributed by atoms with Crippen molar-refractivity contribution < 1.29 is 4.74 Å². The summed E-state index contributed by atoms with van der Waals surface area (Å²) < 4.78 is 5.21. The number of hydrogen-bond donors (Lipinski definition) is 1. The van der Waals surface area contributed by atoms with Crippen LogP contribution in [0, 0.1) is 11.3 Å². The average Bonchev–Trinajstić information content (AvgIpc) is 2.52. The van der Waals surface area contributed by atoms with Gasteiger partial charge in [-0.1, -0.05) is 6.07 Å². The molecule has 0 bridgehead atoms. The van der Waals surface area contributed by atoms with Gasteiger partial charge in [0.05, 0.1) is 13.2 Å². The number of nitriles is 1. The zero-order valence-electron chi connectivity index (χ0n) is 11.4. The summed E-state index contributed by atoms with van der Waals surface area (Å²) in [5.74, 6) is 2.13. The lowest BCUT2D eigenvalue weighted by molar-refractivity contribution is 0.415. The van der Waals surface area contributed by atoms with E-state index in [1.165, 1.54) is 6.33 Å². The number of ether oxygens (including phenoxy) is 1. The Morgan fingerprint density at radius 3 is 2.95 bits per heavy atom. The lowest BCUT2D eigenvalue weighted by atomic mass is 10.3. The van der Waals surface area contributed by atoms with E-state index in [9.17, 15) is 0 Å². The third-order valence-electron chi connectivity index (χ3n) is 2.79. The average molecular weight is 269 g/mol. The third kappa shape index (κ3) is 3.14. The zero-order valence-corrected chi connectivity index (χ0v) is 11.4. The van der Waals surface area contributed by atoms with Crippen molar-refractivity contribution in [3.05, 3.63) is 36.7 Å². The van der Waals surface area contributed by atoms with Gasteiger partial charge in [0.1, 0.15) is 30.3 Å². The van der Waals surface area contributed by atoms with Gasteiger partial charge in [-0.2, -0.15) is 5.26 Å². The molecule has 0 amide bonds. The van der Waals surface area contributed by atoms with Crippen molar-refractivity contribution in [2.45, 2.75) is 0 Å². The Kier molecular flexibility index (Phi) is 4.35. The molecule has 1 N–H and O–H groups in total. The van der Waals surface area contributed by atoms with Gasteiger partial charge in [-0.05, 0) is 12.1 Å². The van der Waals surface area contributed by atoms with E-state index in [2.05, 4.69) is 15.3 Å². The number of methoxy groups -OCH3 is 1. The predicted molar refractivity (Wildman–Crippen MR) is 77.2 cm³/mol. The van der Waals surface area contributed by atoms with E-state index in [0.29, 0.717) is 5.82 Å². The molecule has 1 aromatic heterocycles. The molecule has 2 aromatic rings. The van der Waals surface area contributed by atoms with Gasteiger partial charge in [0.2, 0.25) is 0 Å². The quantitative estimate of drug-likeness (QED) is 0.839. The van der Waals surface area contributed by atoms with E-state index in [-0.39, 0.29) is 6.54 Å². The highest BCUT2D eigenvalue weighted by Crippen LogP contribution is 2.25. The molecule has 0 unspecified atom stereocenters. The molecule has 6 nitrogen and oxygen atoms in total. The minimum absolute atomic E-state index is 0.208. The summed E-state index contributed by atoms with van der Waals surface area (Å²) >= 11 is 0. The highest BCUT2D eigenvalue weighted by Gasteiger charge is 2.07. The maximum atomic E-state index is 8.56. The summed E-state index contributed by atoms with van der Waals surface area (Å²) in [5, 5.41) is 11.5. The van der Waals surface area contributed by atoms with Gasteiger partial charge in [0.15, 0.2) is 0 Å². The molecule has 0 atom stereocenters. The van der Waals surface area contributed by atoms with Gasteiger partial charge in [0.25, 0.3) is 0 Å². The van der Waals surface area contributed by atoms with Crippen LogP contribution in [0.1, 0.15) is 0 Å². The molecule has 102 valence electrons. The van der Waals surface area contributed by atoms with Gasteiger partial charge >= 0.3 is 0 Å². The largest absolute Gasteiger partial charge is 0.497 e. The van der Waals surface area contributed by atoms with Crippen LogP contribution < -0.4 is 15.0 Å². The van der Waals surface area contributed by atoms with Crippen LogP contribution >= 0.6 is 0 Å². The van der Waals surface area contributed by atoms with Crippen LogP contribution in [0.2, 0.25) is 0 Å². The summed E-state index contributed by atoms with van der Waals surface area (Å²) in [7, 11) is 3.54. The molecule has 0 aliphatic rings. The Hall–Kier alpha value is -2.81. The number of nitrogens with one attached hydrogen (secondary N) is 1. The van der Waals surface area contributed by atoms with Crippen LogP contribution in [-0.4, -0.2) is 30.7 Å². The minimum atomic E-state index is 0.208. The third-order valence-corrected chi connectivity index (χ3v) is 2.79. The minimum Gasteiger partial charge on any atom is -0.497 e. The fraction of sp³-hybridized carbons (Fsp3) is 0.214. The molecule has 2 rings (SSSR count). The Morgan fingerprint density at radius 2 is 2.20 bits per heavy atom. The molecule has 20 heavy (non-hydrogen) atoms. The fourth-order valence-corrected chi connectivity index (χ4v) is 1.71. The monoisotopic (exact) mass is 269 g/mol. The topological polar surface area (TPSA) is 74.1 Å². The van der Waals surface area contributed by atoms with Crippen molar-refractivity contribution in [2.75, 3.05) is 30.9 Å². The van der Waals surface area contributed by atoms with Crippen molar-refractivity contribution >= 4 is 17.3 Å². The first-order chi connectivity index (χ1) is 9.74. The Labute approximate surface area is 117 Å². The van der Waals surface area contributed by atoms with Crippen LogP contribution in [0.5, 0.6) is 5.75 Å². The van der Waals surface area contributed by atoms with Crippen LogP contribution in [-0.2, 0) is 0 Å². The molecule has 1 heterocycles. The van der Waals surface area contributed by atoms with Gasteiger partial charge < -0.3 is 15.0 Å². The highest BCUT2D eigenvalue weighted by atomic mass is 16.5. The predicted octanol–water partition coefficient (Wildman–Crippen LogP) is 2.19. The van der Waals surface area contributed by atoms with E-state index in [0.717, 1.165) is 17.3 Å². The van der Waals surface area contributed by atoms with Crippen molar-refractivity contribution in [3.8, 4) is 11.8 Å². The number of nitrogens with zero attached hydrogens (tertiary/aromatic N) is 4. The first kappa shape index (κ1) is 13.6. The molecule has 0 aliphatic heterocycles. The SMILES string of the molecule is COc1cccc(N(C)c2cc(NCC#N)ncn2)c1. The van der Waals surface area contributed by atoms with Crippen LogP contribution in [0.25, 0.3) is 0 Å². The second-order valence-corrected chi connectivity index (χ2v) is 4.03. The van der Waals surface area contributed by atoms with E-state index in [1.807, 2.05) is 42.3 Å². The van der Waals surface area contributed by atoms with E-state index >= 15 is 0 Å². The molecule has 0 spiro atoms. The first-order valence-corrected chi connectivity index (χ1v) is 6.05. The standard InChI is InChI=1S/C14H15N5O/c1-19(11-4-3-5-12(8-11)20-2)14-9-13(16-7-6-15)17-10-18-14/h3-5,8-10H,7H2,1-2H3,(H,16,17,18). The highest BCUT2D eigenvalue weighted by molar-refractivity contribution is 5.62. The maximum Gasteiger partial charge on any atom is 0.138 e. The molecular weight excluding hydrogens is 254 g/mol. The molecule has 0 aliphatic carbocycles. The summed E-state index contributed by atoms with van der Waals surface area (Å²) in [6.07, 6.45) is 1.46. The second-order valence-electron chi connectivity index (χ2n) is 4.03. The number of benzene rings is 1. The van der Waals surface area contributed by atoms with Crippen LogP contribution in [0.15, 0.2) is 36.7 Å². The number of hydrogen-bond acceptors (Lipinski definition) is 6. The molecule has 1 aromatic carbocycles. The molecular formula is C14H15N5O. The summed E-state index contributed by atoms with van der Waals surface area (Å²) in [5.41, 5.74) is 0.953. The van der Waals surface area contributed by atoms with E-state index in [1.54, 1.807) is 13.2 Å². The van der Waals surface area contributed by atoms with Gasteiger partial charge in [-0.3, -0.25) is 0 Å². The fourth-order valence-electron chi connectivity index (χ4n) is 1.71. The number of rotatable bonds is 5. The lowest BCUT2D eigenvalue weighted by Gasteiger charge is -2.19. The van der Waals surface area contributed by atoms with Crippen LogP contribution in [0.3, 0.4) is 0 Å². The van der Waals surface area contributed by atoms with Crippen molar-refractivity contribution in [1.29, 1.82) is 5.26 Å². The normalized spacial score (nSPS) is 9.65. The summed E-state index contributed by atoms with van der Waals surface area (Å²) in [4.78, 5) is 10.2. The van der Waals surface area contributed by atoms with Gasteiger partial charge in [-0.25, -0.2) is 9.97 Å². The maximum absolute atomic E-state index is 8.56. The first-order valence-electron chi connectivity index (χ1n) is 6.05. The second kappa shape index (κ2) is 6.38. The summed E-state index contributed by atoms with van der Waals surface area (Å²) in [6.45, 7) is 0.208. The molecule has 0 radical (unpaired) electrons. The lowest BCUT2D eigenvalue weighted by Crippen LogP contribution is -2.12. The van der Waals surface area contributed by atoms with Crippen LogP contribution in [0.4, 0.5) is 17.3 Å². The Balaban J connectivity index is 2.23. The zero-order chi connectivity index (χ0) is 14.4.